The molecule has 4 rings (SSSR count). The second-order valence-corrected chi connectivity index (χ2v) is 7.18. The van der Waals surface area contributed by atoms with Crippen LogP contribution in [0.1, 0.15) is 15.9 Å². The van der Waals surface area contributed by atoms with E-state index >= 15 is 0 Å². The maximum Gasteiger partial charge on any atom is 0.252 e. The Morgan fingerprint density at radius 2 is 1.83 bits per heavy atom. The van der Waals surface area contributed by atoms with Crippen molar-refractivity contribution in [2.45, 2.75) is 6.54 Å². The molecule has 1 amide bonds. The molecule has 0 atom stereocenters. The molecule has 2 aromatic heterocycles. The van der Waals surface area contributed by atoms with Gasteiger partial charge in [-0.3, -0.25) is 9.78 Å². The van der Waals surface area contributed by atoms with E-state index in [1.54, 1.807) is 17.1 Å². The number of nitrogens with zero attached hydrogens (tertiary/aromatic N) is 3. The van der Waals surface area contributed by atoms with Gasteiger partial charge in [-0.05, 0) is 58.4 Å². The number of rotatable bonds is 5. The maximum absolute atomic E-state index is 13.5. The SMILES string of the molecule is O=C(NCc1cn(-c2ccccc2)nc1-c1ccncc1)c1cc(F)ccc1Br. The Balaban J connectivity index is 1.64. The molecular formula is C22H16BrFN4O. The number of pyridine rings is 1. The molecule has 0 saturated heterocycles. The van der Waals surface area contributed by atoms with Crippen LogP contribution >= 0.6 is 15.9 Å². The van der Waals surface area contributed by atoms with Crippen LogP contribution in [-0.4, -0.2) is 20.7 Å². The van der Waals surface area contributed by atoms with Gasteiger partial charge in [0.1, 0.15) is 5.82 Å². The summed E-state index contributed by atoms with van der Waals surface area (Å²) in [4.78, 5) is 16.6. The molecule has 0 spiro atoms. The van der Waals surface area contributed by atoms with Crippen LogP contribution in [0.2, 0.25) is 0 Å². The first-order valence-corrected chi connectivity index (χ1v) is 9.69. The van der Waals surface area contributed by atoms with Crippen molar-refractivity contribution in [3.8, 4) is 16.9 Å². The molecule has 0 saturated carbocycles. The zero-order valence-electron chi connectivity index (χ0n) is 15.2. The Labute approximate surface area is 175 Å². The minimum Gasteiger partial charge on any atom is -0.348 e. The van der Waals surface area contributed by atoms with Gasteiger partial charge in [-0.25, -0.2) is 9.07 Å². The van der Waals surface area contributed by atoms with Crippen molar-refractivity contribution >= 4 is 21.8 Å². The van der Waals surface area contributed by atoms with E-state index in [1.807, 2.05) is 48.7 Å². The number of aromatic nitrogens is 3. The minimum atomic E-state index is -0.465. The molecule has 5 nitrogen and oxygen atoms in total. The monoisotopic (exact) mass is 450 g/mol. The molecule has 0 aliphatic heterocycles. The number of para-hydroxylation sites is 1. The first-order chi connectivity index (χ1) is 14.1. The van der Waals surface area contributed by atoms with Crippen molar-refractivity contribution in [1.82, 2.24) is 20.1 Å². The number of amides is 1. The smallest absolute Gasteiger partial charge is 0.252 e. The van der Waals surface area contributed by atoms with E-state index in [0.717, 1.165) is 22.5 Å². The highest BCUT2D eigenvalue weighted by Gasteiger charge is 2.15. The Morgan fingerprint density at radius 3 is 2.59 bits per heavy atom. The topological polar surface area (TPSA) is 59.8 Å². The summed E-state index contributed by atoms with van der Waals surface area (Å²) >= 11 is 3.29. The number of benzene rings is 2. The van der Waals surface area contributed by atoms with E-state index < -0.39 is 5.82 Å². The van der Waals surface area contributed by atoms with Crippen molar-refractivity contribution in [2.24, 2.45) is 0 Å². The zero-order chi connectivity index (χ0) is 20.2. The molecular weight excluding hydrogens is 435 g/mol. The molecule has 2 aromatic carbocycles. The molecule has 144 valence electrons. The van der Waals surface area contributed by atoms with Gasteiger partial charge in [0.15, 0.2) is 0 Å². The van der Waals surface area contributed by atoms with E-state index in [0.29, 0.717) is 4.47 Å². The standard InChI is InChI=1S/C22H16BrFN4O/c23-20-7-6-17(24)12-19(20)22(29)26-13-16-14-28(18-4-2-1-3-5-18)27-21(16)15-8-10-25-11-9-15/h1-12,14H,13H2,(H,26,29). The van der Waals surface area contributed by atoms with Gasteiger partial charge in [-0.2, -0.15) is 5.10 Å². The molecule has 29 heavy (non-hydrogen) atoms. The average molecular weight is 451 g/mol. The lowest BCUT2D eigenvalue weighted by atomic mass is 10.1. The van der Waals surface area contributed by atoms with Crippen molar-refractivity contribution in [3.05, 3.63) is 101 Å². The Kier molecular flexibility index (Phi) is 5.48. The highest BCUT2D eigenvalue weighted by Crippen LogP contribution is 2.24. The van der Waals surface area contributed by atoms with E-state index in [2.05, 4.69) is 26.2 Å². The molecule has 0 fully saturated rings. The summed E-state index contributed by atoms with van der Waals surface area (Å²) in [6.07, 6.45) is 5.28. The highest BCUT2D eigenvalue weighted by molar-refractivity contribution is 9.10. The van der Waals surface area contributed by atoms with Crippen molar-refractivity contribution < 1.29 is 9.18 Å². The third kappa shape index (κ3) is 4.25. The van der Waals surface area contributed by atoms with Crippen LogP contribution in [0.25, 0.3) is 16.9 Å². The molecule has 0 radical (unpaired) electrons. The summed E-state index contributed by atoms with van der Waals surface area (Å²) in [5.41, 5.74) is 3.63. The lowest BCUT2D eigenvalue weighted by Gasteiger charge is -2.07. The third-order valence-corrected chi connectivity index (χ3v) is 5.07. The predicted octanol–water partition coefficient (Wildman–Crippen LogP) is 4.77. The molecule has 2 heterocycles. The Hall–Kier alpha value is -3.32. The summed E-state index contributed by atoms with van der Waals surface area (Å²) in [6.45, 7) is 0.242. The van der Waals surface area contributed by atoms with E-state index in [4.69, 9.17) is 5.10 Å². The van der Waals surface area contributed by atoms with Crippen LogP contribution in [0.5, 0.6) is 0 Å². The second kappa shape index (κ2) is 8.36. The van der Waals surface area contributed by atoms with Crippen molar-refractivity contribution in [1.29, 1.82) is 0 Å². The van der Waals surface area contributed by atoms with Crippen LogP contribution in [-0.2, 0) is 6.54 Å². The summed E-state index contributed by atoms with van der Waals surface area (Å²) in [6, 6.07) is 17.5. The van der Waals surface area contributed by atoms with Crippen LogP contribution < -0.4 is 5.32 Å². The quantitative estimate of drug-likeness (QED) is 0.476. The molecule has 0 unspecified atom stereocenters. The first-order valence-electron chi connectivity index (χ1n) is 8.89. The van der Waals surface area contributed by atoms with Crippen LogP contribution in [0.4, 0.5) is 4.39 Å². The van der Waals surface area contributed by atoms with Gasteiger partial charge in [-0.15, -0.1) is 0 Å². The molecule has 0 bridgehead atoms. The average Bonchev–Trinajstić information content (AvgIpc) is 3.19. The van der Waals surface area contributed by atoms with Gasteiger partial charge < -0.3 is 5.32 Å². The second-order valence-electron chi connectivity index (χ2n) is 6.33. The highest BCUT2D eigenvalue weighted by atomic mass is 79.9. The van der Waals surface area contributed by atoms with Gasteiger partial charge in [0.05, 0.1) is 16.9 Å². The number of hydrogen-bond donors (Lipinski definition) is 1. The van der Waals surface area contributed by atoms with Crippen molar-refractivity contribution in [3.63, 3.8) is 0 Å². The lowest BCUT2D eigenvalue weighted by Crippen LogP contribution is -2.23. The number of nitrogens with one attached hydrogen (secondary N) is 1. The van der Waals surface area contributed by atoms with Crippen molar-refractivity contribution in [2.75, 3.05) is 0 Å². The van der Waals surface area contributed by atoms with Gasteiger partial charge in [0.25, 0.3) is 5.91 Å². The van der Waals surface area contributed by atoms with Gasteiger partial charge >= 0.3 is 0 Å². The predicted molar refractivity (Wildman–Crippen MR) is 112 cm³/mol. The van der Waals surface area contributed by atoms with Crippen LogP contribution in [0.15, 0.2) is 83.7 Å². The van der Waals surface area contributed by atoms with E-state index in [-0.39, 0.29) is 18.0 Å². The van der Waals surface area contributed by atoms with Crippen LogP contribution in [0.3, 0.4) is 0 Å². The van der Waals surface area contributed by atoms with E-state index in [9.17, 15) is 9.18 Å². The summed E-state index contributed by atoms with van der Waals surface area (Å²) in [5, 5.41) is 7.56. The number of hydrogen-bond acceptors (Lipinski definition) is 3. The largest absolute Gasteiger partial charge is 0.348 e. The number of halogens is 2. The molecule has 0 aliphatic rings. The summed E-state index contributed by atoms with van der Waals surface area (Å²) in [7, 11) is 0. The first kappa shape index (κ1) is 19.0. The van der Waals surface area contributed by atoms with Gasteiger partial charge in [0, 0.05) is 40.7 Å². The van der Waals surface area contributed by atoms with Gasteiger partial charge in [-0.1, -0.05) is 18.2 Å². The Morgan fingerprint density at radius 1 is 1.07 bits per heavy atom. The zero-order valence-corrected chi connectivity index (χ0v) is 16.8. The fourth-order valence-electron chi connectivity index (χ4n) is 2.95. The molecule has 7 heteroatoms. The van der Waals surface area contributed by atoms with E-state index in [1.165, 1.54) is 18.2 Å². The summed E-state index contributed by atoms with van der Waals surface area (Å²) in [5.74, 6) is -0.836. The third-order valence-electron chi connectivity index (χ3n) is 4.38. The number of carbonyl (C=O) groups excluding carboxylic acids is 1. The maximum atomic E-state index is 13.5. The summed E-state index contributed by atoms with van der Waals surface area (Å²) < 4.78 is 15.8. The molecule has 1 N–H and O–H groups in total. The minimum absolute atomic E-state index is 0.242. The Bertz CT molecular complexity index is 1150. The normalized spacial score (nSPS) is 10.7. The fraction of sp³-hybridized carbons (Fsp3) is 0.0455. The van der Waals surface area contributed by atoms with Crippen LogP contribution in [0, 0.1) is 5.82 Å². The fourth-order valence-corrected chi connectivity index (χ4v) is 3.37. The lowest BCUT2D eigenvalue weighted by molar-refractivity contribution is 0.0949. The number of carbonyl (C=O) groups is 1. The van der Waals surface area contributed by atoms with Gasteiger partial charge in [0.2, 0.25) is 0 Å². The molecule has 0 aliphatic carbocycles. The molecule has 4 aromatic rings.